The summed E-state index contributed by atoms with van der Waals surface area (Å²) in [6.07, 6.45) is 1.50. The van der Waals surface area contributed by atoms with E-state index >= 15 is 0 Å². The molecule has 0 spiro atoms. The summed E-state index contributed by atoms with van der Waals surface area (Å²) in [5.41, 5.74) is 5.16. The molecule has 1 aromatic heterocycles. The fourth-order valence-corrected chi connectivity index (χ4v) is 3.83. The molecule has 1 N–H and O–H groups in total. The van der Waals surface area contributed by atoms with Gasteiger partial charge in [0.05, 0.1) is 44.3 Å². The third kappa shape index (κ3) is 4.68. The highest BCUT2D eigenvalue weighted by atomic mass is 32.2. The van der Waals surface area contributed by atoms with Gasteiger partial charge in [0.1, 0.15) is 5.75 Å². The number of hydrogen-bond acceptors (Lipinski definition) is 7. The van der Waals surface area contributed by atoms with E-state index in [1.54, 1.807) is 33.5 Å². The average Bonchev–Trinajstić information content (AvgIpc) is 3.14. The zero-order valence-corrected chi connectivity index (χ0v) is 18.2. The Morgan fingerprint density at radius 1 is 1.13 bits per heavy atom. The minimum Gasteiger partial charge on any atom is -0.496 e. The minimum absolute atomic E-state index is 0.198. The molecule has 8 nitrogen and oxygen atoms in total. The van der Waals surface area contributed by atoms with E-state index < -0.39 is 0 Å². The molecule has 9 heteroatoms. The molecule has 0 saturated carbocycles. The number of hydrogen-bond donors (Lipinski definition) is 1. The highest BCUT2D eigenvalue weighted by molar-refractivity contribution is 7.99. The Labute approximate surface area is 179 Å². The Morgan fingerprint density at radius 3 is 2.53 bits per heavy atom. The van der Waals surface area contributed by atoms with Gasteiger partial charge in [-0.2, -0.15) is 5.10 Å². The predicted octanol–water partition coefficient (Wildman–Crippen LogP) is 3.32. The van der Waals surface area contributed by atoms with Gasteiger partial charge < -0.3 is 18.8 Å². The van der Waals surface area contributed by atoms with Crippen molar-refractivity contribution in [2.24, 2.45) is 5.10 Å². The maximum absolute atomic E-state index is 12.2. The number of rotatable bonds is 9. The summed E-state index contributed by atoms with van der Waals surface area (Å²) in [5, 5.41) is 4.84. The molecule has 0 fully saturated rings. The second-order valence-electron chi connectivity index (χ2n) is 6.16. The molecule has 1 amide bonds. The number of aromatic nitrogens is 2. The van der Waals surface area contributed by atoms with Crippen LogP contribution in [0, 0.1) is 0 Å². The second kappa shape index (κ2) is 10.0. The third-order valence-corrected chi connectivity index (χ3v) is 5.37. The van der Waals surface area contributed by atoms with Crippen molar-refractivity contribution in [1.82, 2.24) is 15.0 Å². The molecule has 30 heavy (non-hydrogen) atoms. The van der Waals surface area contributed by atoms with Gasteiger partial charge in [0.15, 0.2) is 16.7 Å². The van der Waals surface area contributed by atoms with E-state index in [1.165, 1.54) is 18.0 Å². The number of para-hydroxylation sites is 2. The summed E-state index contributed by atoms with van der Waals surface area (Å²) in [7, 11) is 4.65. The molecule has 0 aliphatic carbocycles. The van der Waals surface area contributed by atoms with E-state index in [0.717, 1.165) is 22.7 Å². The lowest BCUT2D eigenvalue weighted by Gasteiger charge is -2.11. The van der Waals surface area contributed by atoms with Gasteiger partial charge in [-0.3, -0.25) is 4.79 Å². The Balaban J connectivity index is 1.64. The predicted molar refractivity (Wildman–Crippen MR) is 118 cm³/mol. The largest absolute Gasteiger partial charge is 0.496 e. The topological polar surface area (TPSA) is 87.0 Å². The van der Waals surface area contributed by atoms with Crippen molar-refractivity contribution in [2.75, 3.05) is 27.1 Å². The molecular formula is C21H24N4O4S. The van der Waals surface area contributed by atoms with Crippen LogP contribution in [0.3, 0.4) is 0 Å². The van der Waals surface area contributed by atoms with Crippen molar-refractivity contribution in [3.63, 3.8) is 0 Å². The zero-order valence-electron chi connectivity index (χ0n) is 17.3. The molecule has 0 radical (unpaired) electrons. The number of benzene rings is 2. The van der Waals surface area contributed by atoms with Crippen molar-refractivity contribution in [3.05, 3.63) is 42.0 Å². The SMILES string of the molecule is CCn1c(SCC(=O)N/N=C\c2cc(OC)c(OC)cc2OC)nc2ccccc21. The van der Waals surface area contributed by atoms with E-state index in [0.29, 0.717) is 22.8 Å². The summed E-state index contributed by atoms with van der Waals surface area (Å²) in [4.78, 5) is 16.8. The summed E-state index contributed by atoms with van der Waals surface area (Å²) in [6, 6.07) is 11.4. The number of methoxy groups -OCH3 is 3. The van der Waals surface area contributed by atoms with E-state index in [1.807, 2.05) is 24.3 Å². The number of hydrazone groups is 1. The summed E-state index contributed by atoms with van der Waals surface area (Å²) < 4.78 is 18.0. The molecule has 3 aromatic rings. The number of nitrogens with zero attached hydrogens (tertiary/aromatic N) is 3. The smallest absolute Gasteiger partial charge is 0.250 e. The third-order valence-electron chi connectivity index (χ3n) is 4.40. The molecule has 0 unspecified atom stereocenters. The van der Waals surface area contributed by atoms with E-state index in [2.05, 4.69) is 27.0 Å². The van der Waals surface area contributed by atoms with Crippen molar-refractivity contribution in [1.29, 1.82) is 0 Å². The van der Waals surface area contributed by atoms with Crippen molar-refractivity contribution < 1.29 is 19.0 Å². The van der Waals surface area contributed by atoms with Crippen LogP contribution in [0.1, 0.15) is 12.5 Å². The molecule has 2 aromatic carbocycles. The number of fused-ring (bicyclic) bond motifs is 1. The van der Waals surface area contributed by atoms with Crippen LogP contribution < -0.4 is 19.6 Å². The fourth-order valence-electron chi connectivity index (χ4n) is 2.96. The number of carbonyl (C=O) groups excluding carboxylic acids is 1. The van der Waals surface area contributed by atoms with E-state index in [9.17, 15) is 4.79 Å². The highest BCUT2D eigenvalue weighted by Gasteiger charge is 2.12. The first-order valence-electron chi connectivity index (χ1n) is 9.31. The molecule has 0 aliphatic heterocycles. The lowest BCUT2D eigenvalue weighted by atomic mass is 10.2. The van der Waals surface area contributed by atoms with Crippen LogP contribution in [0.25, 0.3) is 11.0 Å². The summed E-state index contributed by atoms with van der Waals surface area (Å²) in [5.74, 6) is 1.61. The van der Waals surface area contributed by atoms with Crippen LogP contribution in [0.2, 0.25) is 0 Å². The molecular weight excluding hydrogens is 404 g/mol. The Morgan fingerprint density at radius 2 is 1.83 bits per heavy atom. The molecule has 158 valence electrons. The van der Waals surface area contributed by atoms with Crippen molar-refractivity contribution in [2.45, 2.75) is 18.6 Å². The molecule has 0 saturated heterocycles. The van der Waals surface area contributed by atoms with Crippen molar-refractivity contribution in [3.8, 4) is 17.2 Å². The van der Waals surface area contributed by atoms with Gasteiger partial charge in [-0.15, -0.1) is 0 Å². The first-order valence-corrected chi connectivity index (χ1v) is 10.3. The quantitative estimate of drug-likeness (QED) is 0.320. The van der Waals surface area contributed by atoms with Gasteiger partial charge in [0.25, 0.3) is 5.91 Å². The molecule has 0 bridgehead atoms. The lowest BCUT2D eigenvalue weighted by molar-refractivity contribution is -0.118. The van der Waals surface area contributed by atoms with E-state index in [-0.39, 0.29) is 11.7 Å². The molecule has 3 rings (SSSR count). The van der Waals surface area contributed by atoms with Crippen LogP contribution in [-0.4, -0.2) is 48.8 Å². The first-order chi connectivity index (χ1) is 14.6. The van der Waals surface area contributed by atoms with Crippen molar-refractivity contribution >= 4 is 34.9 Å². The van der Waals surface area contributed by atoms with Crippen LogP contribution in [0.5, 0.6) is 17.2 Å². The Kier molecular flexibility index (Phi) is 7.18. The zero-order chi connectivity index (χ0) is 21.5. The normalized spacial score (nSPS) is 11.1. The van der Waals surface area contributed by atoms with Gasteiger partial charge in [-0.25, -0.2) is 10.4 Å². The van der Waals surface area contributed by atoms with Gasteiger partial charge >= 0.3 is 0 Å². The van der Waals surface area contributed by atoms with Crippen LogP contribution in [0.4, 0.5) is 0 Å². The first kappa shape index (κ1) is 21.5. The Hall–Kier alpha value is -3.20. The second-order valence-corrected chi connectivity index (χ2v) is 7.10. The molecule has 0 atom stereocenters. The number of ether oxygens (including phenoxy) is 3. The molecule has 0 aliphatic rings. The maximum Gasteiger partial charge on any atom is 0.250 e. The molecule has 1 heterocycles. The highest BCUT2D eigenvalue weighted by Crippen LogP contribution is 2.33. The number of amides is 1. The van der Waals surface area contributed by atoms with Crippen LogP contribution >= 0.6 is 11.8 Å². The van der Waals surface area contributed by atoms with Gasteiger partial charge in [-0.05, 0) is 25.1 Å². The number of aryl methyl sites for hydroxylation is 1. The minimum atomic E-state index is -0.231. The standard InChI is InChI=1S/C21H24N4O4S/c1-5-25-16-9-7-6-8-15(16)23-21(25)30-13-20(26)24-22-12-14-10-18(28-3)19(29-4)11-17(14)27-2/h6-12H,5,13H2,1-4H3,(H,24,26)/b22-12-. The Bertz CT molecular complexity index is 1060. The summed E-state index contributed by atoms with van der Waals surface area (Å²) in [6.45, 7) is 2.83. The van der Waals surface area contributed by atoms with Gasteiger partial charge in [0, 0.05) is 18.2 Å². The van der Waals surface area contributed by atoms with Crippen LogP contribution in [-0.2, 0) is 11.3 Å². The van der Waals surface area contributed by atoms with E-state index in [4.69, 9.17) is 14.2 Å². The maximum atomic E-state index is 12.2. The monoisotopic (exact) mass is 428 g/mol. The van der Waals surface area contributed by atoms with Crippen LogP contribution in [0.15, 0.2) is 46.7 Å². The van der Waals surface area contributed by atoms with Gasteiger partial charge in [0.2, 0.25) is 0 Å². The van der Waals surface area contributed by atoms with Gasteiger partial charge in [-0.1, -0.05) is 23.9 Å². The summed E-state index contributed by atoms with van der Waals surface area (Å²) >= 11 is 1.38. The lowest BCUT2D eigenvalue weighted by Crippen LogP contribution is -2.20. The number of thioether (sulfide) groups is 1. The number of imidazole rings is 1. The number of carbonyl (C=O) groups is 1. The average molecular weight is 429 g/mol. The number of nitrogens with one attached hydrogen (secondary N) is 1. The fraction of sp³-hybridized carbons (Fsp3) is 0.286.